The van der Waals surface area contributed by atoms with Crippen LogP contribution >= 0.6 is 0 Å². The van der Waals surface area contributed by atoms with Gasteiger partial charge in [-0.05, 0) is 75.8 Å². The highest BCUT2D eigenvalue weighted by atomic mass is 16.5. The van der Waals surface area contributed by atoms with Gasteiger partial charge >= 0.3 is 0 Å². The van der Waals surface area contributed by atoms with Crippen molar-refractivity contribution >= 4 is 23.5 Å². The number of nitrogens with one attached hydrogen (secondary N) is 1. The number of anilines is 2. The van der Waals surface area contributed by atoms with Crippen molar-refractivity contribution in [3.63, 3.8) is 0 Å². The SMILES string of the molecule is CC1=Cc2cc(Oc3ccnc(Nc4cccc(C(=O)CCCN(C)C)c4)n3)ccc2C1. The van der Waals surface area contributed by atoms with E-state index < -0.39 is 0 Å². The van der Waals surface area contributed by atoms with Crippen molar-refractivity contribution in [3.05, 3.63) is 77.0 Å². The van der Waals surface area contributed by atoms with Gasteiger partial charge < -0.3 is 15.0 Å². The van der Waals surface area contributed by atoms with Gasteiger partial charge in [0, 0.05) is 29.9 Å². The second kappa shape index (κ2) is 9.75. The van der Waals surface area contributed by atoms with Gasteiger partial charge in [-0.25, -0.2) is 4.98 Å². The molecular weight excluding hydrogens is 400 g/mol. The smallest absolute Gasteiger partial charge is 0.230 e. The highest BCUT2D eigenvalue weighted by Gasteiger charge is 2.12. The number of ketones is 1. The summed E-state index contributed by atoms with van der Waals surface area (Å²) >= 11 is 0. The molecule has 32 heavy (non-hydrogen) atoms. The summed E-state index contributed by atoms with van der Waals surface area (Å²) in [6.07, 6.45) is 6.19. The maximum Gasteiger partial charge on any atom is 0.230 e. The van der Waals surface area contributed by atoms with E-state index in [1.165, 1.54) is 16.7 Å². The quantitative estimate of drug-likeness (QED) is 0.454. The second-order valence-electron chi connectivity index (χ2n) is 8.38. The zero-order valence-electron chi connectivity index (χ0n) is 18.8. The van der Waals surface area contributed by atoms with Crippen LogP contribution in [-0.2, 0) is 6.42 Å². The van der Waals surface area contributed by atoms with E-state index >= 15 is 0 Å². The van der Waals surface area contributed by atoms with Crippen LogP contribution in [0.25, 0.3) is 6.08 Å². The third kappa shape index (κ3) is 5.59. The molecule has 0 bridgehead atoms. The van der Waals surface area contributed by atoms with Crippen LogP contribution < -0.4 is 10.1 Å². The predicted molar refractivity (Wildman–Crippen MR) is 128 cm³/mol. The zero-order chi connectivity index (χ0) is 22.5. The first-order valence-corrected chi connectivity index (χ1v) is 10.8. The summed E-state index contributed by atoms with van der Waals surface area (Å²) in [6, 6.07) is 15.3. The molecule has 1 aliphatic carbocycles. The van der Waals surface area contributed by atoms with Gasteiger partial charge in [0.2, 0.25) is 11.8 Å². The Kier molecular flexibility index (Phi) is 6.61. The number of carbonyl (C=O) groups excluding carboxylic acids is 1. The predicted octanol–water partition coefficient (Wildman–Crippen LogP) is 5.50. The lowest BCUT2D eigenvalue weighted by Crippen LogP contribution is -2.14. The van der Waals surface area contributed by atoms with E-state index in [1.807, 2.05) is 50.5 Å². The van der Waals surface area contributed by atoms with Crippen molar-refractivity contribution in [1.29, 1.82) is 0 Å². The second-order valence-corrected chi connectivity index (χ2v) is 8.38. The minimum atomic E-state index is 0.134. The Hall–Kier alpha value is -3.51. The van der Waals surface area contributed by atoms with Crippen LogP contribution in [0.15, 0.2) is 60.3 Å². The Balaban J connectivity index is 1.42. The maximum absolute atomic E-state index is 12.5. The van der Waals surface area contributed by atoms with Gasteiger partial charge in [0.15, 0.2) is 5.78 Å². The number of nitrogens with zero attached hydrogens (tertiary/aromatic N) is 3. The third-order valence-electron chi connectivity index (χ3n) is 5.29. The molecule has 164 valence electrons. The van der Waals surface area contributed by atoms with Gasteiger partial charge in [-0.15, -0.1) is 0 Å². The number of hydrogen-bond donors (Lipinski definition) is 1. The molecule has 1 aliphatic rings. The van der Waals surface area contributed by atoms with E-state index in [4.69, 9.17) is 4.74 Å². The van der Waals surface area contributed by atoms with Crippen molar-refractivity contribution in [1.82, 2.24) is 14.9 Å². The van der Waals surface area contributed by atoms with E-state index in [9.17, 15) is 4.79 Å². The Morgan fingerprint density at radius 3 is 2.88 bits per heavy atom. The van der Waals surface area contributed by atoms with Crippen molar-refractivity contribution < 1.29 is 9.53 Å². The van der Waals surface area contributed by atoms with Crippen molar-refractivity contribution in [2.45, 2.75) is 26.2 Å². The highest BCUT2D eigenvalue weighted by Crippen LogP contribution is 2.30. The first-order chi connectivity index (χ1) is 15.5. The molecule has 0 saturated carbocycles. The van der Waals surface area contributed by atoms with Gasteiger partial charge in [0.25, 0.3) is 0 Å². The molecule has 1 heterocycles. The van der Waals surface area contributed by atoms with Crippen LogP contribution in [0.4, 0.5) is 11.6 Å². The maximum atomic E-state index is 12.5. The normalized spacial score (nSPS) is 12.4. The third-order valence-corrected chi connectivity index (χ3v) is 5.29. The molecule has 2 aromatic carbocycles. The van der Waals surface area contributed by atoms with Gasteiger partial charge in [-0.1, -0.05) is 29.8 Å². The molecule has 0 aliphatic heterocycles. The first-order valence-electron chi connectivity index (χ1n) is 10.8. The number of aromatic nitrogens is 2. The Labute approximate surface area is 189 Å². The molecular formula is C26H28N4O2. The van der Waals surface area contributed by atoms with Crippen LogP contribution in [0.1, 0.15) is 41.3 Å². The number of ether oxygens (including phenoxy) is 1. The molecule has 6 nitrogen and oxygen atoms in total. The van der Waals surface area contributed by atoms with Gasteiger partial charge in [-0.2, -0.15) is 4.98 Å². The number of fused-ring (bicyclic) bond motifs is 1. The minimum Gasteiger partial charge on any atom is -0.439 e. The fraction of sp³-hybridized carbons (Fsp3) is 0.269. The average Bonchev–Trinajstić information content (AvgIpc) is 3.13. The van der Waals surface area contributed by atoms with E-state index in [1.54, 1.807) is 12.3 Å². The molecule has 1 N–H and O–H groups in total. The summed E-state index contributed by atoms with van der Waals surface area (Å²) in [5.41, 5.74) is 5.31. The van der Waals surface area contributed by atoms with E-state index in [-0.39, 0.29) is 5.78 Å². The van der Waals surface area contributed by atoms with Gasteiger partial charge in [0.05, 0.1) is 0 Å². The van der Waals surface area contributed by atoms with Crippen LogP contribution in [-0.4, -0.2) is 41.3 Å². The van der Waals surface area contributed by atoms with Gasteiger partial charge in [0.1, 0.15) is 5.75 Å². The molecule has 0 fully saturated rings. The summed E-state index contributed by atoms with van der Waals surface area (Å²) in [5.74, 6) is 1.74. The fourth-order valence-corrected chi connectivity index (χ4v) is 3.73. The van der Waals surface area contributed by atoms with E-state index in [0.29, 0.717) is 23.8 Å². The van der Waals surface area contributed by atoms with Gasteiger partial charge in [-0.3, -0.25) is 4.79 Å². The molecule has 3 aromatic rings. The van der Waals surface area contributed by atoms with Crippen LogP contribution in [0, 0.1) is 0 Å². The highest BCUT2D eigenvalue weighted by molar-refractivity contribution is 5.97. The van der Waals surface area contributed by atoms with Crippen LogP contribution in [0.5, 0.6) is 11.6 Å². The number of hydrogen-bond acceptors (Lipinski definition) is 6. The Morgan fingerprint density at radius 1 is 1.16 bits per heavy atom. The van der Waals surface area contributed by atoms with Crippen molar-refractivity contribution in [2.24, 2.45) is 0 Å². The fourth-order valence-electron chi connectivity index (χ4n) is 3.73. The summed E-state index contributed by atoms with van der Waals surface area (Å²) in [5, 5.41) is 3.17. The van der Waals surface area contributed by atoms with Crippen molar-refractivity contribution in [2.75, 3.05) is 26.0 Å². The van der Waals surface area contributed by atoms with Crippen LogP contribution in [0.3, 0.4) is 0 Å². The molecule has 1 aromatic heterocycles. The standard InChI is InChI=1S/C26H28N4O2/c1-18-14-19-9-10-23(17-21(19)15-18)32-25-11-12-27-26(29-25)28-22-7-4-6-20(16-22)24(31)8-5-13-30(2)3/h4,6-7,9-12,15-17H,5,8,13-14H2,1-3H3,(H,27,28,29). The Morgan fingerprint density at radius 2 is 2.03 bits per heavy atom. The van der Waals surface area contributed by atoms with E-state index in [0.717, 1.165) is 30.8 Å². The summed E-state index contributed by atoms with van der Waals surface area (Å²) in [7, 11) is 4.02. The molecule has 0 unspecified atom stereocenters. The molecule has 0 spiro atoms. The number of carbonyl (C=O) groups is 1. The lowest BCUT2D eigenvalue weighted by molar-refractivity contribution is 0.0977. The molecule has 0 atom stereocenters. The Bertz CT molecular complexity index is 1150. The average molecular weight is 429 g/mol. The topological polar surface area (TPSA) is 67.3 Å². The lowest BCUT2D eigenvalue weighted by atomic mass is 10.1. The van der Waals surface area contributed by atoms with E-state index in [2.05, 4.69) is 39.3 Å². The monoisotopic (exact) mass is 428 g/mol. The van der Waals surface area contributed by atoms with Crippen LogP contribution in [0.2, 0.25) is 0 Å². The number of Topliss-reactive ketones (excluding diaryl/α,β-unsaturated/α-hetero) is 1. The number of allylic oxidation sites excluding steroid dienone is 1. The molecule has 0 amide bonds. The number of rotatable bonds is 9. The molecule has 4 rings (SSSR count). The first kappa shape index (κ1) is 21.7. The molecule has 6 heteroatoms. The summed E-state index contributed by atoms with van der Waals surface area (Å²) < 4.78 is 5.96. The van der Waals surface area contributed by atoms with Crippen molar-refractivity contribution in [3.8, 4) is 11.6 Å². The lowest BCUT2D eigenvalue weighted by Gasteiger charge is -2.10. The largest absolute Gasteiger partial charge is 0.439 e. The molecule has 0 radical (unpaired) electrons. The summed E-state index contributed by atoms with van der Waals surface area (Å²) in [4.78, 5) is 23.3. The summed E-state index contributed by atoms with van der Waals surface area (Å²) in [6.45, 7) is 3.03. The molecule has 0 saturated heterocycles. The number of benzene rings is 2. The minimum absolute atomic E-state index is 0.134. The zero-order valence-corrected chi connectivity index (χ0v) is 18.8.